The van der Waals surface area contributed by atoms with E-state index in [9.17, 15) is 4.79 Å². The maximum absolute atomic E-state index is 13.4. The zero-order valence-electron chi connectivity index (χ0n) is 22.2. The number of rotatable bonds is 8. The minimum atomic E-state index is -0.0842. The predicted octanol–water partition coefficient (Wildman–Crippen LogP) is 6.81. The summed E-state index contributed by atoms with van der Waals surface area (Å²) in [6, 6.07) is 26.2. The second-order valence-electron chi connectivity index (χ2n) is 9.94. The Kier molecular flexibility index (Phi) is 7.82. The van der Waals surface area contributed by atoms with Crippen LogP contribution < -0.4 is 4.74 Å². The molecule has 2 aliphatic rings. The lowest BCUT2D eigenvalue weighted by molar-refractivity contribution is -0.123. The van der Waals surface area contributed by atoms with E-state index in [-0.39, 0.29) is 12.0 Å². The van der Waals surface area contributed by atoms with Crippen molar-refractivity contribution in [1.29, 1.82) is 0 Å². The number of aromatic nitrogens is 2. The van der Waals surface area contributed by atoms with Crippen LogP contribution in [-0.4, -0.2) is 44.2 Å². The molecule has 1 aromatic heterocycles. The fourth-order valence-corrected chi connectivity index (χ4v) is 6.07. The summed E-state index contributed by atoms with van der Waals surface area (Å²) in [6.45, 7) is 3.79. The van der Waals surface area contributed by atoms with E-state index in [2.05, 4.69) is 31.2 Å². The van der Waals surface area contributed by atoms with Crippen molar-refractivity contribution >= 4 is 40.3 Å². The molecule has 0 radical (unpaired) electrons. The third kappa shape index (κ3) is 5.89. The summed E-state index contributed by atoms with van der Waals surface area (Å²) in [7, 11) is 0. The second-order valence-corrected chi connectivity index (χ2v) is 11.6. The van der Waals surface area contributed by atoms with E-state index in [0.717, 1.165) is 53.3 Å². The number of nitrogens with zero attached hydrogens (tertiary/aromatic N) is 3. The number of benzene rings is 3. The predicted molar refractivity (Wildman–Crippen MR) is 163 cm³/mol. The van der Waals surface area contributed by atoms with Gasteiger partial charge in [0.15, 0.2) is 0 Å². The average molecular weight is 568 g/mol. The molecule has 1 amide bonds. The molecule has 6 nitrogen and oxygen atoms in total. The zero-order valence-corrected chi connectivity index (χ0v) is 23.8. The summed E-state index contributed by atoms with van der Waals surface area (Å²) in [5.74, 6) is 0.667. The molecule has 0 saturated carbocycles. The van der Waals surface area contributed by atoms with Crippen LogP contribution in [0.15, 0.2) is 90.0 Å². The van der Waals surface area contributed by atoms with Gasteiger partial charge in [-0.15, -0.1) is 0 Å². The summed E-state index contributed by atoms with van der Waals surface area (Å²) in [6.07, 6.45) is 5.87. The molecule has 202 valence electrons. The lowest BCUT2D eigenvalue weighted by Gasteiger charge is -2.18. The highest BCUT2D eigenvalue weighted by atomic mass is 32.2. The van der Waals surface area contributed by atoms with Gasteiger partial charge >= 0.3 is 0 Å². The van der Waals surface area contributed by atoms with Crippen LogP contribution in [0.4, 0.5) is 0 Å². The molecule has 0 bridgehead atoms. The normalized spacial score (nSPS) is 18.2. The molecule has 4 aromatic rings. The lowest BCUT2D eigenvalue weighted by Crippen LogP contribution is -2.35. The lowest BCUT2D eigenvalue weighted by atomic mass is 10.1. The van der Waals surface area contributed by atoms with Crippen molar-refractivity contribution in [3.63, 3.8) is 0 Å². The van der Waals surface area contributed by atoms with Gasteiger partial charge < -0.3 is 9.47 Å². The smallest absolute Gasteiger partial charge is 0.266 e. The van der Waals surface area contributed by atoms with Gasteiger partial charge in [-0.2, -0.15) is 5.10 Å². The number of hydrogen-bond donors (Lipinski definition) is 0. The topological polar surface area (TPSA) is 56.6 Å². The van der Waals surface area contributed by atoms with Crippen LogP contribution >= 0.6 is 24.0 Å². The highest BCUT2D eigenvalue weighted by molar-refractivity contribution is 8.26. The summed E-state index contributed by atoms with van der Waals surface area (Å²) >= 11 is 6.91. The Morgan fingerprint density at radius 1 is 1.10 bits per heavy atom. The molecule has 3 heterocycles. The van der Waals surface area contributed by atoms with Gasteiger partial charge in [0.2, 0.25) is 0 Å². The first-order valence-electron chi connectivity index (χ1n) is 13.3. The van der Waals surface area contributed by atoms with Crippen LogP contribution in [0.1, 0.15) is 29.5 Å². The Morgan fingerprint density at radius 3 is 2.70 bits per heavy atom. The third-order valence-corrected chi connectivity index (χ3v) is 8.35. The van der Waals surface area contributed by atoms with E-state index in [1.165, 1.54) is 17.3 Å². The molecule has 0 aliphatic carbocycles. The molecule has 0 spiro atoms. The first-order valence-corrected chi connectivity index (χ1v) is 14.6. The van der Waals surface area contributed by atoms with E-state index >= 15 is 0 Å². The first kappa shape index (κ1) is 26.5. The van der Waals surface area contributed by atoms with Crippen LogP contribution in [0.5, 0.6) is 5.75 Å². The van der Waals surface area contributed by atoms with Gasteiger partial charge in [0.25, 0.3) is 5.91 Å². The van der Waals surface area contributed by atoms with E-state index in [1.807, 2.05) is 71.6 Å². The van der Waals surface area contributed by atoms with Crippen LogP contribution in [0, 0.1) is 6.92 Å². The molecule has 1 unspecified atom stereocenters. The maximum Gasteiger partial charge on any atom is 0.266 e. The molecular weight excluding hydrogens is 539 g/mol. The summed E-state index contributed by atoms with van der Waals surface area (Å²) in [5, 5.41) is 4.94. The number of hydrogen-bond acceptors (Lipinski definition) is 6. The third-order valence-electron chi connectivity index (χ3n) is 6.97. The van der Waals surface area contributed by atoms with Crippen molar-refractivity contribution in [2.24, 2.45) is 0 Å². The van der Waals surface area contributed by atoms with Gasteiger partial charge in [0, 0.05) is 23.9 Å². The van der Waals surface area contributed by atoms with E-state index in [1.54, 1.807) is 4.90 Å². The van der Waals surface area contributed by atoms with Crippen LogP contribution in [0.2, 0.25) is 0 Å². The van der Waals surface area contributed by atoms with Gasteiger partial charge in [-0.3, -0.25) is 9.69 Å². The van der Waals surface area contributed by atoms with E-state index in [0.29, 0.717) is 22.4 Å². The highest BCUT2D eigenvalue weighted by Gasteiger charge is 2.35. The molecule has 8 heteroatoms. The Labute approximate surface area is 243 Å². The largest absolute Gasteiger partial charge is 0.489 e. The maximum atomic E-state index is 13.4. The number of amides is 1. The van der Waals surface area contributed by atoms with Crippen molar-refractivity contribution < 1.29 is 14.3 Å². The number of aryl methyl sites for hydroxylation is 1. The van der Waals surface area contributed by atoms with Crippen LogP contribution in [-0.2, 0) is 16.1 Å². The molecule has 6 rings (SSSR count). The molecule has 2 fully saturated rings. The van der Waals surface area contributed by atoms with Crippen molar-refractivity contribution in [3.05, 3.63) is 107 Å². The number of thiocarbonyl (C=S) groups is 1. The van der Waals surface area contributed by atoms with Crippen LogP contribution in [0.25, 0.3) is 23.0 Å². The molecule has 40 heavy (non-hydrogen) atoms. The Hall–Kier alpha value is -3.72. The van der Waals surface area contributed by atoms with E-state index in [4.69, 9.17) is 26.8 Å². The molecule has 3 aromatic carbocycles. The van der Waals surface area contributed by atoms with Gasteiger partial charge in [-0.1, -0.05) is 84.1 Å². The number of ether oxygens (including phenoxy) is 2. The number of thioether (sulfide) groups is 1. The molecule has 0 N–H and O–H groups in total. The second kappa shape index (κ2) is 11.8. The first-order chi connectivity index (χ1) is 19.5. The minimum Gasteiger partial charge on any atom is -0.489 e. The number of carbonyl (C=O) groups is 1. The molecule has 1 atom stereocenters. The summed E-state index contributed by atoms with van der Waals surface area (Å²) in [5.41, 5.74) is 5.75. The van der Waals surface area contributed by atoms with Crippen molar-refractivity contribution in [3.8, 4) is 22.7 Å². The monoisotopic (exact) mass is 567 g/mol. The fourth-order valence-electron chi connectivity index (χ4n) is 4.80. The quantitative estimate of drug-likeness (QED) is 0.172. The van der Waals surface area contributed by atoms with E-state index < -0.39 is 0 Å². The Balaban J connectivity index is 1.31. The Morgan fingerprint density at radius 2 is 1.93 bits per heavy atom. The average Bonchev–Trinajstić information content (AvgIpc) is 3.71. The van der Waals surface area contributed by atoms with Crippen molar-refractivity contribution in [2.75, 3.05) is 13.2 Å². The molecule has 2 aliphatic heterocycles. The SMILES string of the molecule is Cc1ccc(COc2cccc(-c3nn(-c4ccccc4)cc3C=C3SC(=S)N(CC4CCCO4)C3=O)c2)cc1. The van der Waals surface area contributed by atoms with Gasteiger partial charge in [0.1, 0.15) is 22.4 Å². The Bertz CT molecular complexity index is 1560. The zero-order chi connectivity index (χ0) is 27.5. The van der Waals surface area contributed by atoms with Gasteiger partial charge in [-0.25, -0.2) is 4.68 Å². The highest BCUT2D eigenvalue weighted by Crippen LogP contribution is 2.36. The van der Waals surface area contributed by atoms with Gasteiger partial charge in [-0.05, 0) is 55.7 Å². The van der Waals surface area contributed by atoms with Crippen molar-refractivity contribution in [2.45, 2.75) is 32.5 Å². The van der Waals surface area contributed by atoms with Crippen molar-refractivity contribution in [1.82, 2.24) is 14.7 Å². The fraction of sp³-hybridized carbons (Fsp3) is 0.219. The summed E-state index contributed by atoms with van der Waals surface area (Å²) < 4.78 is 14.3. The summed E-state index contributed by atoms with van der Waals surface area (Å²) in [4.78, 5) is 15.6. The molecule has 2 saturated heterocycles. The number of carbonyl (C=O) groups excluding carboxylic acids is 1. The van der Waals surface area contributed by atoms with Gasteiger partial charge in [0.05, 0.1) is 23.2 Å². The number of para-hydroxylation sites is 1. The standard InChI is InChI=1S/C32H29N3O3S2/c1-22-12-14-23(15-13-22)21-38-27-10-5-7-24(17-27)30-25(19-35(33-30)26-8-3-2-4-9-26)18-29-31(36)34(32(39)40-29)20-28-11-6-16-37-28/h2-5,7-10,12-15,17-19,28H,6,11,16,20-21H2,1H3. The minimum absolute atomic E-state index is 0.0425. The van der Waals surface area contributed by atoms with Crippen LogP contribution in [0.3, 0.4) is 0 Å². The molecular formula is C32H29N3O3S2.